The van der Waals surface area contributed by atoms with Gasteiger partial charge in [-0.3, -0.25) is 35.7 Å². The first kappa shape index (κ1) is 36.7. The largest absolute Gasteiger partial charge is 0.480 e. The van der Waals surface area contributed by atoms with Gasteiger partial charge in [0.2, 0.25) is 5.91 Å². The molecule has 3 aliphatic rings. The molecule has 3 unspecified atom stereocenters. The fourth-order valence-corrected chi connectivity index (χ4v) is 2.70. The number of aliphatic hydroxyl groups is 1. The van der Waals surface area contributed by atoms with Gasteiger partial charge < -0.3 is 46.6 Å². The highest BCUT2D eigenvalue weighted by Gasteiger charge is 2.29. The van der Waals surface area contributed by atoms with E-state index in [1.54, 1.807) is 25.8 Å². The molecule has 0 aromatic rings. The zero-order valence-electron chi connectivity index (χ0n) is 21.6. The van der Waals surface area contributed by atoms with Gasteiger partial charge in [0.15, 0.2) is 18.0 Å². The average Bonchev–Trinajstić information content (AvgIpc) is 3.10. The van der Waals surface area contributed by atoms with Crippen molar-refractivity contribution in [3.63, 3.8) is 0 Å². The van der Waals surface area contributed by atoms with Crippen LogP contribution in [0, 0.1) is 10.8 Å². The number of aliphatic carboxylic acids is 3. The molecule has 0 aromatic carbocycles. The number of carboxylic acids is 3. The number of nitrogens with zero attached hydrogens (tertiary/aromatic N) is 4. The van der Waals surface area contributed by atoms with Crippen LogP contribution in [0.4, 0.5) is 0 Å². The highest BCUT2D eigenvalue weighted by atomic mass is 16.4. The van der Waals surface area contributed by atoms with Gasteiger partial charge in [0.25, 0.3) is 0 Å². The van der Waals surface area contributed by atoms with E-state index in [9.17, 15) is 19.2 Å². The minimum atomic E-state index is -1.05. The summed E-state index contributed by atoms with van der Waals surface area (Å²) in [5, 5.41) is 55.7. The van der Waals surface area contributed by atoms with Crippen LogP contribution in [-0.2, 0) is 19.2 Å². The molecule has 39 heavy (non-hydrogen) atoms. The molecule has 18 nitrogen and oxygen atoms in total. The Balaban J connectivity index is 0. The number of carbonyl (C=O) groups is 4. The normalized spacial score (nSPS) is 20.9. The lowest BCUT2D eigenvalue weighted by Gasteiger charge is -2.24. The Hall–Kier alpha value is -4.48. The van der Waals surface area contributed by atoms with Crippen LogP contribution >= 0.6 is 0 Å². The number of carbonyl (C=O) groups excluding carboxylic acids is 1. The third kappa shape index (κ3) is 15.4. The minimum absolute atomic E-state index is 0. The molecule has 0 saturated carbocycles. The smallest absolute Gasteiger partial charge is 0.328 e. The fourth-order valence-electron chi connectivity index (χ4n) is 2.70. The number of carboxylic acid groups (broad SMARTS) is 3. The van der Waals surface area contributed by atoms with Gasteiger partial charge in [-0.25, -0.2) is 9.59 Å². The molecule has 11 N–H and O–H groups in total. The summed E-state index contributed by atoms with van der Waals surface area (Å²) in [6.07, 6.45) is -0.330. The second-order valence-electron chi connectivity index (χ2n) is 8.13. The molecule has 222 valence electrons. The Kier molecular flexibility index (Phi) is 16.8. The first-order valence-corrected chi connectivity index (χ1v) is 11.1. The van der Waals surface area contributed by atoms with E-state index in [0.717, 1.165) is 10.7 Å². The van der Waals surface area contributed by atoms with Gasteiger partial charge in [-0.2, -0.15) is 0 Å². The molecular formula is C21H40N10O8. The number of amidine groups is 2. The number of likely N-dealkylation sites (N-methyl/N-ethyl adjacent to an activating group) is 2. The van der Waals surface area contributed by atoms with Crippen molar-refractivity contribution in [1.29, 1.82) is 10.8 Å². The van der Waals surface area contributed by atoms with Gasteiger partial charge >= 0.3 is 17.9 Å². The van der Waals surface area contributed by atoms with E-state index in [1.807, 2.05) is 0 Å². The predicted octanol–water partition coefficient (Wildman–Crippen LogP) is -2.81. The molecular weight excluding hydrogens is 520 g/mol. The van der Waals surface area contributed by atoms with E-state index < -0.39 is 36.1 Å². The first-order chi connectivity index (χ1) is 17.5. The van der Waals surface area contributed by atoms with Crippen LogP contribution in [0.3, 0.4) is 0 Å². The molecule has 0 radical (unpaired) electrons. The highest BCUT2D eigenvalue weighted by molar-refractivity contribution is 6.02. The SMILES string of the molecule is C.CC1=NCC(O)C(C(=O)O)N1.CC1=NCCC(C(=O)O)N1.CN(CC(=O)O)C(=N)N.CN1CC(=O)NC1=N. The number of aliphatic hydroxyl groups excluding tert-OH is 1. The zero-order chi connectivity index (χ0) is 29.6. The number of hydrogen-bond acceptors (Lipinski definition) is 11. The molecule has 0 bridgehead atoms. The fraction of sp³-hybridized carbons (Fsp3) is 0.619. The molecule has 3 atom stereocenters. The summed E-state index contributed by atoms with van der Waals surface area (Å²) in [5.74, 6) is -1.71. The van der Waals surface area contributed by atoms with Crippen LogP contribution in [0.15, 0.2) is 9.98 Å². The van der Waals surface area contributed by atoms with Crippen molar-refractivity contribution in [2.24, 2.45) is 15.7 Å². The molecule has 0 spiro atoms. The molecule has 3 aliphatic heterocycles. The number of aliphatic imine (C=N–C) groups is 2. The highest BCUT2D eigenvalue weighted by Crippen LogP contribution is 2.01. The monoisotopic (exact) mass is 560 g/mol. The van der Waals surface area contributed by atoms with Gasteiger partial charge in [-0.1, -0.05) is 7.43 Å². The Morgan fingerprint density at radius 2 is 1.69 bits per heavy atom. The van der Waals surface area contributed by atoms with E-state index >= 15 is 0 Å². The summed E-state index contributed by atoms with van der Waals surface area (Å²) in [7, 11) is 3.14. The molecule has 1 fully saturated rings. The van der Waals surface area contributed by atoms with Crippen LogP contribution in [0.2, 0.25) is 0 Å². The Labute approximate surface area is 226 Å². The van der Waals surface area contributed by atoms with E-state index in [2.05, 4.69) is 25.9 Å². The van der Waals surface area contributed by atoms with Gasteiger partial charge in [-0.05, 0) is 20.3 Å². The summed E-state index contributed by atoms with van der Waals surface area (Å²) in [6, 6.07) is -1.34. The predicted molar refractivity (Wildman–Crippen MR) is 143 cm³/mol. The molecule has 0 aliphatic carbocycles. The van der Waals surface area contributed by atoms with E-state index in [4.69, 9.17) is 37.0 Å². The van der Waals surface area contributed by atoms with Gasteiger partial charge in [0.1, 0.15) is 18.7 Å². The van der Waals surface area contributed by atoms with Crippen molar-refractivity contribution in [3.05, 3.63) is 0 Å². The number of nitrogens with one attached hydrogen (secondary N) is 5. The Morgan fingerprint density at radius 1 is 1.13 bits per heavy atom. The summed E-state index contributed by atoms with van der Waals surface area (Å²) < 4.78 is 0. The van der Waals surface area contributed by atoms with Crippen molar-refractivity contribution in [2.75, 3.05) is 40.3 Å². The van der Waals surface area contributed by atoms with Crippen LogP contribution in [0.25, 0.3) is 0 Å². The second-order valence-corrected chi connectivity index (χ2v) is 8.13. The third-order valence-electron chi connectivity index (χ3n) is 4.78. The average molecular weight is 561 g/mol. The standard InChI is InChI=1S/C6H10N2O3.C6H10N2O2.C4H9N3O2.C4H7N3O.CH4/c1-3-7-2-4(9)5(8-3)6(10)11;1-4-7-3-2-5(8-4)6(9)10;1-7(4(5)6)2-3(8)9;1-7-2-3(8)6-4(7)5;/h4-5,9H,2H2,1H3,(H,7,8)(H,10,11);5H,2-3H2,1H3,(H,7,8)(H,9,10);2H2,1H3,(H3,5,6)(H,8,9);2H2,1H3,(H2,5,6,8);1H4. The van der Waals surface area contributed by atoms with Crippen molar-refractivity contribution in [1.82, 2.24) is 25.8 Å². The van der Waals surface area contributed by atoms with Crippen molar-refractivity contribution in [2.45, 2.75) is 45.9 Å². The Morgan fingerprint density at radius 3 is 1.97 bits per heavy atom. The summed E-state index contributed by atoms with van der Waals surface area (Å²) >= 11 is 0. The molecule has 3 heterocycles. The minimum Gasteiger partial charge on any atom is -0.480 e. The molecule has 18 heteroatoms. The van der Waals surface area contributed by atoms with Crippen molar-refractivity contribution < 1.29 is 39.6 Å². The maximum atomic E-state index is 10.4. The van der Waals surface area contributed by atoms with Crippen LogP contribution in [0.5, 0.6) is 0 Å². The third-order valence-corrected chi connectivity index (χ3v) is 4.78. The number of guanidine groups is 2. The lowest BCUT2D eigenvalue weighted by atomic mass is 10.1. The second kappa shape index (κ2) is 17.9. The van der Waals surface area contributed by atoms with Gasteiger partial charge in [0.05, 0.1) is 24.8 Å². The summed E-state index contributed by atoms with van der Waals surface area (Å²) in [5.41, 5.74) is 4.93. The quantitative estimate of drug-likeness (QED) is 0.123. The lowest BCUT2D eigenvalue weighted by molar-refractivity contribution is -0.142. The van der Waals surface area contributed by atoms with Gasteiger partial charge in [-0.15, -0.1) is 0 Å². The number of hydrogen-bond donors (Lipinski definition) is 10. The molecule has 1 saturated heterocycles. The number of amides is 1. The van der Waals surface area contributed by atoms with Gasteiger partial charge in [0, 0.05) is 20.6 Å². The summed E-state index contributed by atoms with van der Waals surface area (Å²) in [6.45, 7) is 4.32. The maximum absolute atomic E-state index is 10.4. The first-order valence-electron chi connectivity index (χ1n) is 11.1. The Bertz CT molecular complexity index is 955. The van der Waals surface area contributed by atoms with Crippen LogP contribution in [0.1, 0.15) is 27.7 Å². The van der Waals surface area contributed by atoms with Crippen molar-refractivity contribution >= 4 is 47.4 Å². The molecule has 3 rings (SSSR count). The lowest BCUT2D eigenvalue weighted by Crippen LogP contribution is -2.52. The molecule has 1 amide bonds. The van der Waals surface area contributed by atoms with E-state index in [1.165, 1.54) is 7.05 Å². The summed E-state index contributed by atoms with van der Waals surface area (Å²) in [4.78, 5) is 51.6. The molecule has 0 aromatic heterocycles. The maximum Gasteiger partial charge on any atom is 0.328 e. The van der Waals surface area contributed by atoms with E-state index in [-0.39, 0.29) is 38.3 Å². The topological polar surface area (TPSA) is 290 Å². The van der Waals surface area contributed by atoms with Crippen LogP contribution in [-0.4, -0.2) is 136 Å². The number of rotatable bonds is 4. The van der Waals surface area contributed by atoms with Crippen LogP contribution < -0.4 is 21.7 Å². The van der Waals surface area contributed by atoms with Crippen molar-refractivity contribution in [3.8, 4) is 0 Å². The van der Waals surface area contributed by atoms with E-state index in [0.29, 0.717) is 25.3 Å². The number of nitrogens with two attached hydrogens (primary N) is 1. The zero-order valence-corrected chi connectivity index (χ0v) is 21.6.